The van der Waals surface area contributed by atoms with Gasteiger partial charge in [0.05, 0.1) is 41.7 Å². The summed E-state index contributed by atoms with van der Waals surface area (Å²) in [5.41, 5.74) is 2.47. The first kappa shape index (κ1) is 20.8. The van der Waals surface area contributed by atoms with Crippen LogP contribution in [0.3, 0.4) is 0 Å². The number of nitrogens with zero attached hydrogens (tertiary/aromatic N) is 1. The largest absolute Gasteiger partial charge is 0.497 e. The van der Waals surface area contributed by atoms with Crippen molar-refractivity contribution in [3.05, 3.63) is 70.3 Å². The molecule has 158 valence electrons. The van der Waals surface area contributed by atoms with Crippen LogP contribution in [-0.2, 0) is 9.59 Å². The van der Waals surface area contributed by atoms with Crippen molar-refractivity contribution in [2.75, 3.05) is 18.2 Å². The van der Waals surface area contributed by atoms with Crippen molar-refractivity contribution >= 4 is 29.1 Å². The SMILES string of the molecule is COc1ccc(NC(=O)CSC2=C(C#N)[C@H](c3ccco3)C3=C(CCCC3=O)N2)cc1. The maximum atomic E-state index is 12.7. The van der Waals surface area contributed by atoms with Gasteiger partial charge in [0.15, 0.2) is 5.78 Å². The second-order valence-electron chi connectivity index (χ2n) is 7.16. The molecule has 0 saturated carbocycles. The van der Waals surface area contributed by atoms with Gasteiger partial charge in [0.1, 0.15) is 11.5 Å². The molecule has 7 nitrogen and oxygen atoms in total. The number of nitriles is 1. The minimum Gasteiger partial charge on any atom is -0.497 e. The summed E-state index contributed by atoms with van der Waals surface area (Å²) >= 11 is 1.25. The molecule has 8 heteroatoms. The lowest BCUT2D eigenvalue weighted by molar-refractivity contribution is -0.116. The number of dihydropyridines is 1. The van der Waals surface area contributed by atoms with E-state index in [4.69, 9.17) is 9.15 Å². The standard InChI is InChI=1S/C23H21N3O4S/c1-29-15-9-7-14(8-10-15)25-20(28)13-31-23-16(12-24)21(19-6-3-11-30-19)22-17(26-23)4-2-5-18(22)27/h3,6-11,21,26H,2,4-5,13H2,1H3,(H,25,28)/t21-/m1/s1. The molecule has 2 aliphatic rings. The molecule has 2 aromatic rings. The number of rotatable bonds is 6. The molecule has 1 aromatic heterocycles. The van der Waals surface area contributed by atoms with Crippen molar-refractivity contribution in [2.24, 2.45) is 0 Å². The summed E-state index contributed by atoms with van der Waals surface area (Å²) in [5.74, 6) is 0.663. The molecule has 0 fully saturated rings. The number of furan rings is 1. The van der Waals surface area contributed by atoms with Gasteiger partial charge in [-0.1, -0.05) is 11.8 Å². The van der Waals surface area contributed by atoms with E-state index < -0.39 is 5.92 Å². The number of methoxy groups -OCH3 is 1. The van der Waals surface area contributed by atoms with Crippen LogP contribution in [0.4, 0.5) is 5.69 Å². The Morgan fingerprint density at radius 1 is 1.32 bits per heavy atom. The predicted molar refractivity (Wildman–Crippen MR) is 117 cm³/mol. The Morgan fingerprint density at radius 2 is 2.13 bits per heavy atom. The molecule has 1 amide bonds. The normalized spacial score (nSPS) is 18.2. The maximum absolute atomic E-state index is 12.7. The quantitative estimate of drug-likeness (QED) is 0.704. The van der Waals surface area contributed by atoms with E-state index in [2.05, 4.69) is 16.7 Å². The number of anilines is 1. The fraction of sp³-hybridized carbons (Fsp3) is 0.261. The lowest BCUT2D eigenvalue weighted by Crippen LogP contribution is -2.31. The van der Waals surface area contributed by atoms with E-state index in [9.17, 15) is 14.9 Å². The monoisotopic (exact) mass is 435 g/mol. The van der Waals surface area contributed by atoms with Crippen LogP contribution in [0.25, 0.3) is 0 Å². The molecule has 1 aliphatic carbocycles. The number of carbonyl (C=O) groups is 2. The van der Waals surface area contributed by atoms with E-state index in [-0.39, 0.29) is 17.4 Å². The number of benzene rings is 1. The van der Waals surface area contributed by atoms with Crippen molar-refractivity contribution in [1.82, 2.24) is 5.32 Å². The van der Waals surface area contributed by atoms with Crippen molar-refractivity contribution < 1.29 is 18.7 Å². The van der Waals surface area contributed by atoms with E-state index in [1.807, 2.05) is 0 Å². The number of hydrogen-bond donors (Lipinski definition) is 2. The summed E-state index contributed by atoms with van der Waals surface area (Å²) in [6.07, 6.45) is 3.48. The highest BCUT2D eigenvalue weighted by Crippen LogP contribution is 2.44. The molecule has 4 rings (SSSR count). The Kier molecular flexibility index (Phi) is 6.14. The van der Waals surface area contributed by atoms with Gasteiger partial charge in [-0.3, -0.25) is 9.59 Å². The minimum atomic E-state index is -0.545. The number of amides is 1. The molecule has 0 bridgehead atoms. The van der Waals surface area contributed by atoms with E-state index in [0.29, 0.717) is 39.8 Å². The third-order valence-corrected chi connectivity index (χ3v) is 6.23. The number of Topliss-reactive ketones (excluding diaryl/α,β-unsaturated/α-hetero) is 1. The predicted octanol–water partition coefficient (Wildman–Crippen LogP) is 4.09. The van der Waals surface area contributed by atoms with Crippen LogP contribution in [-0.4, -0.2) is 24.6 Å². The van der Waals surface area contributed by atoms with Crippen LogP contribution in [0.5, 0.6) is 5.75 Å². The highest BCUT2D eigenvalue weighted by atomic mass is 32.2. The van der Waals surface area contributed by atoms with E-state index in [1.54, 1.807) is 43.5 Å². The Labute approximate surface area is 184 Å². The smallest absolute Gasteiger partial charge is 0.234 e. The average molecular weight is 436 g/mol. The summed E-state index contributed by atoms with van der Waals surface area (Å²) in [6.45, 7) is 0. The number of hydrogen-bond acceptors (Lipinski definition) is 7. The summed E-state index contributed by atoms with van der Waals surface area (Å²) in [5, 5.41) is 16.6. The van der Waals surface area contributed by atoms with Gasteiger partial charge in [-0.25, -0.2) is 0 Å². The zero-order valence-electron chi connectivity index (χ0n) is 16.9. The molecule has 2 N–H and O–H groups in total. The number of allylic oxidation sites excluding steroid dienone is 3. The van der Waals surface area contributed by atoms with Crippen LogP contribution in [0.15, 0.2) is 69.0 Å². The number of ketones is 1. The van der Waals surface area contributed by atoms with Crippen LogP contribution < -0.4 is 15.4 Å². The Bertz CT molecular complexity index is 1090. The lowest BCUT2D eigenvalue weighted by atomic mass is 9.79. The zero-order chi connectivity index (χ0) is 21.8. The van der Waals surface area contributed by atoms with Crippen molar-refractivity contribution in [3.63, 3.8) is 0 Å². The molecular weight excluding hydrogens is 414 g/mol. The van der Waals surface area contributed by atoms with Crippen molar-refractivity contribution in [2.45, 2.75) is 25.2 Å². The number of nitrogens with one attached hydrogen (secondary N) is 2. The molecule has 0 saturated heterocycles. The van der Waals surface area contributed by atoms with Crippen molar-refractivity contribution in [3.8, 4) is 11.8 Å². The highest BCUT2D eigenvalue weighted by Gasteiger charge is 2.38. The molecule has 0 unspecified atom stereocenters. The lowest BCUT2D eigenvalue weighted by Gasteiger charge is -2.32. The van der Waals surface area contributed by atoms with E-state index in [0.717, 1.165) is 18.5 Å². The van der Waals surface area contributed by atoms with Gasteiger partial charge < -0.3 is 19.8 Å². The Hall–Kier alpha value is -3.44. The molecule has 2 heterocycles. The summed E-state index contributed by atoms with van der Waals surface area (Å²) in [6, 6.07) is 12.8. The van der Waals surface area contributed by atoms with Gasteiger partial charge in [-0.2, -0.15) is 5.26 Å². The number of thioether (sulfide) groups is 1. The van der Waals surface area contributed by atoms with Gasteiger partial charge in [0, 0.05) is 23.4 Å². The molecule has 31 heavy (non-hydrogen) atoms. The van der Waals surface area contributed by atoms with Gasteiger partial charge in [0.2, 0.25) is 5.91 Å². The van der Waals surface area contributed by atoms with Crippen LogP contribution in [0, 0.1) is 11.3 Å². The van der Waals surface area contributed by atoms with E-state index in [1.165, 1.54) is 18.0 Å². The van der Waals surface area contributed by atoms with Gasteiger partial charge >= 0.3 is 0 Å². The second-order valence-corrected chi connectivity index (χ2v) is 8.15. The van der Waals surface area contributed by atoms with Gasteiger partial charge in [-0.15, -0.1) is 0 Å². The topological polar surface area (TPSA) is 104 Å². The zero-order valence-corrected chi connectivity index (χ0v) is 17.8. The second kappa shape index (κ2) is 9.14. The first-order chi connectivity index (χ1) is 15.1. The number of carbonyl (C=O) groups excluding carboxylic acids is 2. The Morgan fingerprint density at radius 3 is 2.81 bits per heavy atom. The highest BCUT2D eigenvalue weighted by molar-refractivity contribution is 8.03. The summed E-state index contributed by atoms with van der Waals surface area (Å²) in [7, 11) is 1.58. The molecule has 1 aliphatic heterocycles. The fourth-order valence-corrected chi connectivity index (χ4v) is 4.65. The van der Waals surface area contributed by atoms with E-state index >= 15 is 0 Å². The third-order valence-electron chi connectivity index (χ3n) is 5.21. The van der Waals surface area contributed by atoms with Crippen LogP contribution in [0.2, 0.25) is 0 Å². The molecular formula is C23H21N3O4S. The minimum absolute atomic E-state index is 0.0317. The first-order valence-corrected chi connectivity index (χ1v) is 10.9. The fourth-order valence-electron chi connectivity index (χ4n) is 3.79. The summed E-state index contributed by atoms with van der Waals surface area (Å²) < 4.78 is 10.7. The molecule has 1 aromatic carbocycles. The van der Waals surface area contributed by atoms with Crippen molar-refractivity contribution in [1.29, 1.82) is 5.26 Å². The average Bonchev–Trinajstić information content (AvgIpc) is 3.32. The van der Waals surface area contributed by atoms with Crippen LogP contribution >= 0.6 is 11.8 Å². The molecule has 0 spiro atoms. The third kappa shape index (κ3) is 4.37. The molecule has 1 atom stereocenters. The first-order valence-electron chi connectivity index (χ1n) is 9.88. The summed E-state index contributed by atoms with van der Waals surface area (Å²) in [4.78, 5) is 25.1. The van der Waals surface area contributed by atoms with Gasteiger partial charge in [0.25, 0.3) is 0 Å². The van der Waals surface area contributed by atoms with Gasteiger partial charge in [-0.05, 0) is 49.2 Å². The maximum Gasteiger partial charge on any atom is 0.234 e. The number of ether oxygens (including phenoxy) is 1. The molecule has 0 radical (unpaired) electrons. The Balaban J connectivity index is 1.54. The van der Waals surface area contributed by atoms with Crippen LogP contribution in [0.1, 0.15) is 30.9 Å².